The molecule has 5 nitrogen and oxygen atoms in total. The first kappa shape index (κ1) is 17.9. The fraction of sp³-hybridized carbons (Fsp3) is 0.286. The van der Waals surface area contributed by atoms with E-state index in [-0.39, 0.29) is 11.9 Å². The van der Waals surface area contributed by atoms with Crippen LogP contribution in [0.1, 0.15) is 18.1 Å². The van der Waals surface area contributed by atoms with Gasteiger partial charge in [-0.25, -0.2) is 0 Å². The van der Waals surface area contributed by atoms with Crippen molar-refractivity contribution in [2.24, 2.45) is 0 Å². The zero-order valence-electron chi connectivity index (χ0n) is 15.5. The van der Waals surface area contributed by atoms with Crippen LogP contribution in [0.15, 0.2) is 42.5 Å². The largest absolute Gasteiger partial charge is 0.493 e. The van der Waals surface area contributed by atoms with E-state index in [9.17, 15) is 4.79 Å². The maximum absolute atomic E-state index is 12.8. The van der Waals surface area contributed by atoms with E-state index in [1.54, 1.807) is 39.5 Å². The van der Waals surface area contributed by atoms with Crippen molar-refractivity contribution in [1.29, 1.82) is 0 Å². The van der Waals surface area contributed by atoms with E-state index in [1.165, 1.54) is 5.56 Å². The molecule has 0 aliphatic carbocycles. The van der Waals surface area contributed by atoms with Gasteiger partial charge in [-0.2, -0.15) is 0 Å². The second-order valence-electron chi connectivity index (χ2n) is 6.15. The Kier molecular flexibility index (Phi) is 5.16. The van der Waals surface area contributed by atoms with Crippen molar-refractivity contribution >= 4 is 17.7 Å². The molecule has 0 saturated carbocycles. The van der Waals surface area contributed by atoms with Gasteiger partial charge in [0.2, 0.25) is 5.75 Å². The fourth-order valence-electron chi connectivity index (χ4n) is 3.40. The second kappa shape index (κ2) is 7.52. The molecule has 0 aromatic heterocycles. The topological polar surface area (TPSA) is 48.0 Å². The van der Waals surface area contributed by atoms with E-state index in [1.807, 2.05) is 29.2 Å². The third-order valence-electron chi connectivity index (χ3n) is 4.58. The Balaban J connectivity index is 1.90. The second-order valence-corrected chi connectivity index (χ2v) is 6.15. The van der Waals surface area contributed by atoms with Gasteiger partial charge in [-0.1, -0.05) is 18.2 Å². The molecule has 1 amide bonds. The lowest BCUT2D eigenvalue weighted by Crippen LogP contribution is -2.34. The van der Waals surface area contributed by atoms with Crippen molar-refractivity contribution in [3.8, 4) is 17.2 Å². The van der Waals surface area contributed by atoms with Gasteiger partial charge in [0.1, 0.15) is 0 Å². The molecule has 0 bridgehead atoms. The van der Waals surface area contributed by atoms with Crippen molar-refractivity contribution in [2.45, 2.75) is 19.4 Å². The Morgan fingerprint density at radius 1 is 1.04 bits per heavy atom. The number of amides is 1. The van der Waals surface area contributed by atoms with E-state index in [2.05, 4.69) is 13.0 Å². The molecule has 0 saturated heterocycles. The normalized spacial score (nSPS) is 15.8. The first-order valence-electron chi connectivity index (χ1n) is 8.48. The highest BCUT2D eigenvalue weighted by molar-refractivity contribution is 6.05. The average Bonchev–Trinajstić information content (AvgIpc) is 3.00. The number of carbonyl (C=O) groups excluding carboxylic acids is 1. The van der Waals surface area contributed by atoms with Crippen molar-refractivity contribution in [2.75, 3.05) is 26.2 Å². The fourth-order valence-corrected chi connectivity index (χ4v) is 3.40. The average molecular weight is 353 g/mol. The predicted molar refractivity (Wildman–Crippen MR) is 102 cm³/mol. The quantitative estimate of drug-likeness (QED) is 0.769. The van der Waals surface area contributed by atoms with Gasteiger partial charge in [0.05, 0.1) is 21.3 Å². The van der Waals surface area contributed by atoms with Crippen LogP contribution >= 0.6 is 0 Å². The lowest BCUT2D eigenvalue weighted by atomic mass is 10.1. The molecule has 1 aliphatic rings. The SMILES string of the molecule is COc1ccc(/C=C/C(=O)N2c3ccccc3C[C@H]2C)c(OC)c1OC. The number of hydrogen-bond acceptors (Lipinski definition) is 4. The number of ether oxygens (including phenoxy) is 3. The predicted octanol–water partition coefficient (Wildman–Crippen LogP) is 3.70. The van der Waals surface area contributed by atoms with E-state index in [0.717, 1.165) is 17.7 Å². The summed E-state index contributed by atoms with van der Waals surface area (Å²) in [6, 6.07) is 11.8. The number of nitrogens with zero attached hydrogens (tertiary/aromatic N) is 1. The molecular formula is C21H23NO4. The number of para-hydroxylation sites is 1. The first-order valence-corrected chi connectivity index (χ1v) is 8.48. The first-order chi connectivity index (χ1) is 12.6. The summed E-state index contributed by atoms with van der Waals surface area (Å²) in [5.41, 5.74) is 2.93. The highest BCUT2D eigenvalue weighted by Crippen LogP contribution is 2.40. The lowest BCUT2D eigenvalue weighted by molar-refractivity contribution is -0.114. The van der Waals surface area contributed by atoms with Crippen LogP contribution in [0.5, 0.6) is 17.2 Å². The number of fused-ring (bicyclic) bond motifs is 1. The summed E-state index contributed by atoms with van der Waals surface area (Å²) in [6.45, 7) is 2.06. The van der Waals surface area contributed by atoms with Gasteiger partial charge in [0.15, 0.2) is 11.5 Å². The Morgan fingerprint density at radius 3 is 2.46 bits per heavy atom. The van der Waals surface area contributed by atoms with E-state index < -0.39 is 0 Å². The molecular weight excluding hydrogens is 330 g/mol. The minimum atomic E-state index is -0.0562. The van der Waals surface area contributed by atoms with Crippen molar-refractivity contribution in [1.82, 2.24) is 0 Å². The summed E-state index contributed by atoms with van der Waals surface area (Å²) in [5, 5.41) is 0. The summed E-state index contributed by atoms with van der Waals surface area (Å²) in [6.07, 6.45) is 4.19. The minimum Gasteiger partial charge on any atom is -0.493 e. The van der Waals surface area contributed by atoms with Gasteiger partial charge in [-0.15, -0.1) is 0 Å². The Bertz CT molecular complexity index is 844. The van der Waals surface area contributed by atoms with Crippen molar-refractivity contribution in [3.05, 3.63) is 53.6 Å². The molecule has 0 spiro atoms. The lowest BCUT2D eigenvalue weighted by Gasteiger charge is -2.21. The highest BCUT2D eigenvalue weighted by Gasteiger charge is 2.29. The van der Waals surface area contributed by atoms with Crippen molar-refractivity contribution < 1.29 is 19.0 Å². The van der Waals surface area contributed by atoms with Crippen LogP contribution in [-0.2, 0) is 11.2 Å². The summed E-state index contributed by atoms with van der Waals surface area (Å²) >= 11 is 0. The number of anilines is 1. The van der Waals surface area contributed by atoms with Crippen LogP contribution in [0, 0.1) is 0 Å². The molecule has 3 rings (SSSR count). The molecule has 0 N–H and O–H groups in total. The molecule has 2 aromatic rings. The molecule has 0 radical (unpaired) electrons. The molecule has 2 aromatic carbocycles. The van der Waals surface area contributed by atoms with Gasteiger partial charge < -0.3 is 19.1 Å². The van der Waals surface area contributed by atoms with Crippen LogP contribution < -0.4 is 19.1 Å². The zero-order valence-corrected chi connectivity index (χ0v) is 15.5. The van der Waals surface area contributed by atoms with E-state index >= 15 is 0 Å². The number of carbonyl (C=O) groups is 1. The molecule has 1 atom stereocenters. The summed E-state index contributed by atoms with van der Waals surface area (Å²) < 4.78 is 16.1. The molecule has 5 heteroatoms. The zero-order chi connectivity index (χ0) is 18.7. The van der Waals surface area contributed by atoms with Crippen LogP contribution in [0.25, 0.3) is 6.08 Å². The monoisotopic (exact) mass is 353 g/mol. The molecule has 1 aliphatic heterocycles. The van der Waals surface area contributed by atoms with Gasteiger partial charge >= 0.3 is 0 Å². The maximum Gasteiger partial charge on any atom is 0.251 e. The number of rotatable bonds is 5. The van der Waals surface area contributed by atoms with E-state index in [0.29, 0.717) is 17.2 Å². The number of hydrogen-bond donors (Lipinski definition) is 0. The molecule has 136 valence electrons. The standard InChI is InChI=1S/C21H23NO4/c1-14-13-16-7-5-6-8-17(16)22(14)19(23)12-10-15-9-11-18(24-2)21(26-4)20(15)25-3/h5-12,14H,13H2,1-4H3/b12-10+/t14-/m1/s1. The third kappa shape index (κ3) is 3.12. The number of methoxy groups -OCH3 is 3. The summed E-state index contributed by atoms with van der Waals surface area (Å²) in [7, 11) is 4.69. The summed E-state index contributed by atoms with van der Waals surface area (Å²) in [5.74, 6) is 1.56. The van der Waals surface area contributed by atoms with Gasteiger partial charge in [0.25, 0.3) is 5.91 Å². The third-order valence-corrected chi connectivity index (χ3v) is 4.58. The van der Waals surface area contributed by atoms with Crippen LogP contribution in [0.3, 0.4) is 0 Å². The molecule has 0 unspecified atom stereocenters. The summed E-state index contributed by atoms with van der Waals surface area (Å²) in [4.78, 5) is 14.6. The smallest absolute Gasteiger partial charge is 0.251 e. The highest BCUT2D eigenvalue weighted by atomic mass is 16.5. The molecule has 0 fully saturated rings. The molecule has 26 heavy (non-hydrogen) atoms. The Hall–Kier alpha value is -2.95. The van der Waals surface area contributed by atoms with Crippen molar-refractivity contribution in [3.63, 3.8) is 0 Å². The Morgan fingerprint density at radius 2 is 1.77 bits per heavy atom. The maximum atomic E-state index is 12.8. The van der Waals surface area contributed by atoms with Gasteiger partial charge in [-0.3, -0.25) is 4.79 Å². The van der Waals surface area contributed by atoms with Gasteiger partial charge in [-0.05, 0) is 43.2 Å². The van der Waals surface area contributed by atoms with Gasteiger partial charge in [0, 0.05) is 23.4 Å². The Labute approximate surface area is 153 Å². The van der Waals surface area contributed by atoms with Crippen LogP contribution in [-0.4, -0.2) is 33.3 Å². The minimum absolute atomic E-state index is 0.0562. The van der Waals surface area contributed by atoms with Crippen LogP contribution in [0.4, 0.5) is 5.69 Å². The number of benzene rings is 2. The van der Waals surface area contributed by atoms with E-state index in [4.69, 9.17) is 14.2 Å². The molecule has 1 heterocycles. The van der Waals surface area contributed by atoms with Crippen LogP contribution in [0.2, 0.25) is 0 Å².